The molecule has 3 nitrogen and oxygen atoms in total. The minimum Gasteiger partial charge on any atom is -0.339 e. The Morgan fingerprint density at radius 3 is 2.64 bits per heavy atom. The molecule has 76 valence electrons. The van der Waals surface area contributed by atoms with Crippen LogP contribution in [0.3, 0.4) is 0 Å². The van der Waals surface area contributed by atoms with Crippen LogP contribution in [0.1, 0.15) is 5.56 Å². The van der Waals surface area contributed by atoms with Gasteiger partial charge in [-0.05, 0) is 18.1 Å². The van der Waals surface area contributed by atoms with Crippen LogP contribution in [0.4, 0.5) is 5.69 Å². The summed E-state index contributed by atoms with van der Waals surface area (Å²) in [4.78, 5) is 2.13. The molecule has 0 aromatic heterocycles. The van der Waals surface area contributed by atoms with Crippen LogP contribution in [0.25, 0.3) is 0 Å². The molecule has 0 bridgehead atoms. The van der Waals surface area contributed by atoms with Crippen molar-refractivity contribution < 1.29 is 9.47 Å². The van der Waals surface area contributed by atoms with E-state index in [0.717, 1.165) is 13.0 Å². The minimum absolute atomic E-state index is 0.265. The maximum atomic E-state index is 5.24. The van der Waals surface area contributed by atoms with Crippen molar-refractivity contribution in [1.82, 2.24) is 0 Å². The van der Waals surface area contributed by atoms with E-state index < -0.39 is 0 Å². The highest BCUT2D eigenvalue weighted by atomic mass is 16.7. The topological polar surface area (TPSA) is 21.7 Å². The average Bonchev–Trinajstić information content (AvgIpc) is 2.65. The van der Waals surface area contributed by atoms with Gasteiger partial charge in [0.1, 0.15) is 0 Å². The first-order chi connectivity index (χ1) is 6.86. The van der Waals surface area contributed by atoms with Crippen LogP contribution in [-0.2, 0) is 15.9 Å². The Morgan fingerprint density at radius 1 is 1.21 bits per heavy atom. The van der Waals surface area contributed by atoms with E-state index in [-0.39, 0.29) is 6.41 Å². The fourth-order valence-corrected chi connectivity index (χ4v) is 1.93. The van der Waals surface area contributed by atoms with Gasteiger partial charge in [0.2, 0.25) is 6.41 Å². The molecule has 1 aliphatic rings. The fraction of sp³-hybridized carbons (Fsp3) is 0.455. The highest BCUT2D eigenvalue weighted by Crippen LogP contribution is 2.29. The molecular formula is C11H15NO2. The molecule has 1 aromatic rings. The van der Waals surface area contributed by atoms with Crippen LogP contribution < -0.4 is 4.90 Å². The number of nitrogens with zero attached hydrogens (tertiary/aromatic N) is 1. The second-order valence-electron chi connectivity index (χ2n) is 3.35. The molecule has 1 aliphatic heterocycles. The molecular weight excluding hydrogens is 178 g/mol. The number of methoxy groups -OCH3 is 2. The number of fused-ring (bicyclic) bond motifs is 1. The van der Waals surface area contributed by atoms with E-state index in [1.807, 2.05) is 6.07 Å². The van der Waals surface area contributed by atoms with Crippen molar-refractivity contribution in [2.75, 3.05) is 25.7 Å². The molecule has 0 atom stereocenters. The normalized spacial score (nSPS) is 14.9. The van der Waals surface area contributed by atoms with Crippen LogP contribution in [0.5, 0.6) is 0 Å². The van der Waals surface area contributed by atoms with Crippen LogP contribution >= 0.6 is 0 Å². The lowest BCUT2D eigenvalue weighted by Crippen LogP contribution is -2.36. The summed E-state index contributed by atoms with van der Waals surface area (Å²) in [6, 6.07) is 8.36. The molecule has 1 heterocycles. The first-order valence-electron chi connectivity index (χ1n) is 4.77. The minimum atomic E-state index is -0.265. The highest BCUT2D eigenvalue weighted by molar-refractivity contribution is 5.57. The van der Waals surface area contributed by atoms with Crippen molar-refractivity contribution in [2.24, 2.45) is 0 Å². The van der Waals surface area contributed by atoms with Gasteiger partial charge in [0.25, 0.3) is 0 Å². The van der Waals surface area contributed by atoms with Crippen molar-refractivity contribution in [3.05, 3.63) is 29.8 Å². The molecule has 0 N–H and O–H groups in total. The zero-order chi connectivity index (χ0) is 9.97. The van der Waals surface area contributed by atoms with Crippen molar-refractivity contribution in [3.8, 4) is 0 Å². The van der Waals surface area contributed by atoms with E-state index in [1.165, 1.54) is 11.3 Å². The van der Waals surface area contributed by atoms with Gasteiger partial charge >= 0.3 is 0 Å². The second kappa shape index (κ2) is 3.98. The quantitative estimate of drug-likeness (QED) is 0.681. The molecule has 0 radical (unpaired) electrons. The lowest BCUT2D eigenvalue weighted by atomic mass is 10.2. The number of para-hydroxylation sites is 1. The maximum absolute atomic E-state index is 5.24. The predicted molar refractivity (Wildman–Crippen MR) is 55.3 cm³/mol. The molecule has 1 aromatic carbocycles. The maximum Gasteiger partial charge on any atom is 0.239 e. The molecule has 0 amide bonds. The molecule has 0 unspecified atom stereocenters. The fourth-order valence-electron chi connectivity index (χ4n) is 1.93. The Hall–Kier alpha value is -1.06. The first kappa shape index (κ1) is 9.49. The predicted octanol–water partition coefficient (Wildman–Crippen LogP) is 1.63. The smallest absolute Gasteiger partial charge is 0.239 e. The van der Waals surface area contributed by atoms with Crippen LogP contribution in [0.2, 0.25) is 0 Å². The van der Waals surface area contributed by atoms with Gasteiger partial charge in [-0.25, -0.2) is 0 Å². The Labute approximate surface area is 84.2 Å². The van der Waals surface area contributed by atoms with Gasteiger partial charge in [-0.1, -0.05) is 18.2 Å². The number of hydrogen-bond donors (Lipinski definition) is 0. The lowest BCUT2D eigenvalue weighted by molar-refractivity contribution is -0.101. The van der Waals surface area contributed by atoms with E-state index in [9.17, 15) is 0 Å². The van der Waals surface area contributed by atoms with E-state index in [4.69, 9.17) is 9.47 Å². The van der Waals surface area contributed by atoms with Gasteiger partial charge in [0, 0.05) is 26.5 Å². The molecule has 0 aliphatic carbocycles. The van der Waals surface area contributed by atoms with E-state index in [1.54, 1.807) is 14.2 Å². The summed E-state index contributed by atoms with van der Waals surface area (Å²) in [6.45, 7) is 0.964. The zero-order valence-electron chi connectivity index (χ0n) is 8.56. The standard InChI is InChI=1S/C11H15NO2/c1-13-11(14-2)12-8-7-9-5-3-4-6-10(9)12/h3-6,11H,7-8H2,1-2H3. The summed E-state index contributed by atoms with van der Waals surface area (Å²) >= 11 is 0. The first-order valence-corrected chi connectivity index (χ1v) is 4.77. The van der Waals surface area contributed by atoms with Gasteiger partial charge in [-0.2, -0.15) is 0 Å². The van der Waals surface area contributed by atoms with E-state index in [0.29, 0.717) is 0 Å². The Bertz CT molecular complexity index is 310. The van der Waals surface area contributed by atoms with Crippen LogP contribution in [-0.4, -0.2) is 27.2 Å². The molecule has 0 saturated carbocycles. The van der Waals surface area contributed by atoms with Gasteiger partial charge in [-0.3, -0.25) is 0 Å². The monoisotopic (exact) mass is 193 g/mol. The summed E-state index contributed by atoms with van der Waals surface area (Å²) in [5.74, 6) is 0. The molecule has 2 rings (SSSR count). The SMILES string of the molecule is COC(OC)N1CCc2ccccc21. The third-order valence-corrected chi connectivity index (χ3v) is 2.58. The molecule has 0 fully saturated rings. The summed E-state index contributed by atoms with van der Waals surface area (Å²) in [5.41, 5.74) is 2.59. The summed E-state index contributed by atoms with van der Waals surface area (Å²) in [7, 11) is 3.32. The van der Waals surface area contributed by atoms with Gasteiger partial charge in [-0.15, -0.1) is 0 Å². The van der Waals surface area contributed by atoms with Crippen molar-refractivity contribution >= 4 is 5.69 Å². The highest BCUT2D eigenvalue weighted by Gasteiger charge is 2.25. The largest absolute Gasteiger partial charge is 0.339 e. The number of rotatable bonds is 3. The zero-order valence-corrected chi connectivity index (χ0v) is 8.56. The molecule has 0 spiro atoms. The molecule has 14 heavy (non-hydrogen) atoms. The van der Waals surface area contributed by atoms with Crippen molar-refractivity contribution in [1.29, 1.82) is 0 Å². The Balaban J connectivity index is 2.25. The Kier molecular flexibility index (Phi) is 2.70. The number of ether oxygens (including phenoxy) is 2. The summed E-state index contributed by atoms with van der Waals surface area (Å²) < 4.78 is 10.5. The average molecular weight is 193 g/mol. The Morgan fingerprint density at radius 2 is 1.93 bits per heavy atom. The van der Waals surface area contributed by atoms with E-state index >= 15 is 0 Å². The van der Waals surface area contributed by atoms with Crippen LogP contribution in [0, 0.1) is 0 Å². The number of anilines is 1. The third kappa shape index (κ3) is 1.49. The lowest BCUT2D eigenvalue weighted by Gasteiger charge is -2.27. The van der Waals surface area contributed by atoms with Gasteiger partial charge < -0.3 is 14.4 Å². The van der Waals surface area contributed by atoms with E-state index in [2.05, 4.69) is 23.1 Å². The third-order valence-electron chi connectivity index (χ3n) is 2.58. The van der Waals surface area contributed by atoms with Crippen molar-refractivity contribution in [3.63, 3.8) is 0 Å². The summed E-state index contributed by atoms with van der Waals surface area (Å²) in [6.07, 6.45) is 0.804. The van der Waals surface area contributed by atoms with Gasteiger partial charge in [0.15, 0.2) is 0 Å². The molecule has 3 heteroatoms. The van der Waals surface area contributed by atoms with Crippen LogP contribution in [0.15, 0.2) is 24.3 Å². The van der Waals surface area contributed by atoms with Gasteiger partial charge in [0.05, 0.1) is 0 Å². The second-order valence-corrected chi connectivity index (χ2v) is 3.35. The number of hydrogen-bond acceptors (Lipinski definition) is 3. The summed E-state index contributed by atoms with van der Waals surface area (Å²) in [5, 5.41) is 0. The van der Waals surface area contributed by atoms with Crippen molar-refractivity contribution in [2.45, 2.75) is 12.8 Å². The number of benzene rings is 1. The molecule has 0 saturated heterocycles.